The van der Waals surface area contributed by atoms with Crippen LogP contribution in [-0.4, -0.2) is 49.5 Å². The molecule has 1 N–H and O–H groups in total. The van der Waals surface area contributed by atoms with Crippen LogP contribution < -0.4 is 0 Å². The Hall–Kier alpha value is -1.92. The zero-order valence-electron chi connectivity index (χ0n) is 13.0. The highest BCUT2D eigenvalue weighted by molar-refractivity contribution is 5.86. The van der Waals surface area contributed by atoms with E-state index in [0.29, 0.717) is 18.9 Å². The van der Waals surface area contributed by atoms with Crippen LogP contribution in [0, 0.1) is 5.92 Å². The molecule has 7 heteroatoms. The monoisotopic (exact) mass is 306 g/mol. The molecule has 0 bridgehead atoms. The molecule has 120 valence electrons. The minimum absolute atomic E-state index is 0.0243. The van der Waals surface area contributed by atoms with Gasteiger partial charge < -0.3 is 10.0 Å². The molecule has 2 aliphatic rings. The summed E-state index contributed by atoms with van der Waals surface area (Å²) in [7, 11) is 0. The van der Waals surface area contributed by atoms with Crippen molar-refractivity contribution >= 4 is 11.9 Å². The number of aromatic nitrogens is 3. The van der Waals surface area contributed by atoms with Crippen LogP contribution in [0.2, 0.25) is 0 Å². The molecule has 7 nitrogen and oxygen atoms in total. The molecule has 1 aromatic rings. The van der Waals surface area contributed by atoms with E-state index < -0.39 is 18.1 Å². The number of likely N-dealkylation sites (tertiary alicyclic amines) is 1. The van der Waals surface area contributed by atoms with E-state index in [0.717, 1.165) is 25.0 Å². The summed E-state index contributed by atoms with van der Waals surface area (Å²) in [6.45, 7) is 4.41. The highest BCUT2D eigenvalue weighted by Crippen LogP contribution is 2.39. The first-order valence-electron chi connectivity index (χ1n) is 7.94. The number of rotatable bonds is 5. The molecule has 1 aliphatic heterocycles. The first-order valence-corrected chi connectivity index (χ1v) is 7.94. The molecule has 2 heterocycles. The van der Waals surface area contributed by atoms with Gasteiger partial charge in [-0.1, -0.05) is 19.1 Å². The van der Waals surface area contributed by atoms with Crippen molar-refractivity contribution in [1.29, 1.82) is 0 Å². The van der Waals surface area contributed by atoms with Crippen LogP contribution in [0.3, 0.4) is 0 Å². The van der Waals surface area contributed by atoms with E-state index in [2.05, 4.69) is 10.3 Å². The van der Waals surface area contributed by atoms with Gasteiger partial charge in [0, 0.05) is 18.7 Å². The third kappa shape index (κ3) is 2.71. The van der Waals surface area contributed by atoms with Crippen molar-refractivity contribution in [3.8, 4) is 0 Å². The Morgan fingerprint density at radius 3 is 2.64 bits per heavy atom. The number of carbonyl (C=O) groups is 2. The number of amides is 1. The van der Waals surface area contributed by atoms with Gasteiger partial charge >= 0.3 is 5.97 Å². The number of carboxylic acids is 1. The summed E-state index contributed by atoms with van der Waals surface area (Å²) in [6.07, 6.45) is 5.37. The van der Waals surface area contributed by atoms with Crippen molar-refractivity contribution in [1.82, 2.24) is 19.9 Å². The number of carbonyl (C=O) groups excluding carboxylic acids is 1. The van der Waals surface area contributed by atoms with Gasteiger partial charge in [-0.15, -0.1) is 5.10 Å². The van der Waals surface area contributed by atoms with E-state index in [1.54, 1.807) is 4.68 Å². The van der Waals surface area contributed by atoms with Crippen LogP contribution in [-0.2, 0) is 9.59 Å². The SMILES string of the molecule is CC(C)[C@@H](C(=O)N1CCC[C@H]1C(=O)O)n1cc(C2CC2)nn1. The maximum atomic E-state index is 12.9. The second-order valence-corrected chi connectivity index (χ2v) is 6.61. The Morgan fingerprint density at radius 1 is 1.32 bits per heavy atom. The molecule has 1 amide bonds. The van der Waals surface area contributed by atoms with Crippen LogP contribution in [0.25, 0.3) is 0 Å². The smallest absolute Gasteiger partial charge is 0.326 e. The summed E-state index contributed by atoms with van der Waals surface area (Å²) in [5, 5.41) is 17.6. The lowest BCUT2D eigenvalue weighted by Gasteiger charge is -2.28. The number of carboxylic acid groups (broad SMARTS) is 1. The molecule has 3 rings (SSSR count). The molecule has 1 saturated carbocycles. The molecule has 1 aliphatic carbocycles. The average molecular weight is 306 g/mol. The highest BCUT2D eigenvalue weighted by atomic mass is 16.4. The molecule has 0 spiro atoms. The minimum atomic E-state index is -0.925. The summed E-state index contributed by atoms with van der Waals surface area (Å²) < 4.78 is 1.62. The average Bonchev–Trinajstić information content (AvgIpc) is 3.01. The van der Waals surface area contributed by atoms with Gasteiger partial charge in [0.25, 0.3) is 0 Å². The van der Waals surface area contributed by atoms with Gasteiger partial charge in [0.15, 0.2) is 0 Å². The van der Waals surface area contributed by atoms with Gasteiger partial charge in [0.1, 0.15) is 12.1 Å². The molecule has 0 aromatic carbocycles. The van der Waals surface area contributed by atoms with Crippen LogP contribution in [0.15, 0.2) is 6.20 Å². The van der Waals surface area contributed by atoms with Crippen LogP contribution in [0.4, 0.5) is 0 Å². The standard InChI is InChI=1S/C15H22N4O3/c1-9(2)13(19-8-11(16-17-19)10-5-6-10)14(20)18-7-3-4-12(18)15(21)22/h8-10,12-13H,3-7H2,1-2H3,(H,21,22)/t12-,13-/m0/s1. The van der Waals surface area contributed by atoms with Gasteiger partial charge in [-0.2, -0.15) is 0 Å². The predicted molar refractivity (Wildman–Crippen MR) is 78.2 cm³/mol. The summed E-state index contributed by atoms with van der Waals surface area (Å²) in [5.41, 5.74) is 0.939. The molecule has 2 atom stereocenters. The fourth-order valence-electron chi connectivity index (χ4n) is 3.15. The van der Waals surface area contributed by atoms with Crippen molar-refractivity contribution < 1.29 is 14.7 Å². The molecule has 22 heavy (non-hydrogen) atoms. The summed E-state index contributed by atoms with van der Waals surface area (Å²) >= 11 is 0. The van der Waals surface area contributed by atoms with Crippen molar-refractivity contribution in [3.63, 3.8) is 0 Å². The number of nitrogens with zero attached hydrogens (tertiary/aromatic N) is 4. The molecule has 2 fully saturated rings. The number of aliphatic carboxylic acids is 1. The fraction of sp³-hybridized carbons (Fsp3) is 0.733. The molecule has 1 aromatic heterocycles. The normalized spacial score (nSPS) is 23.0. The fourth-order valence-corrected chi connectivity index (χ4v) is 3.15. The number of hydrogen-bond donors (Lipinski definition) is 1. The quantitative estimate of drug-likeness (QED) is 0.889. The molecule has 1 saturated heterocycles. The zero-order valence-corrected chi connectivity index (χ0v) is 13.0. The van der Waals surface area contributed by atoms with E-state index in [-0.39, 0.29) is 11.8 Å². The van der Waals surface area contributed by atoms with Crippen LogP contribution in [0.1, 0.15) is 57.2 Å². The van der Waals surface area contributed by atoms with Gasteiger partial charge in [0.05, 0.1) is 5.69 Å². The largest absolute Gasteiger partial charge is 0.480 e. The number of hydrogen-bond acceptors (Lipinski definition) is 4. The van der Waals surface area contributed by atoms with Gasteiger partial charge in [0.2, 0.25) is 5.91 Å². The lowest BCUT2D eigenvalue weighted by molar-refractivity contribution is -0.150. The van der Waals surface area contributed by atoms with E-state index in [9.17, 15) is 14.7 Å². The van der Waals surface area contributed by atoms with Crippen LogP contribution in [0.5, 0.6) is 0 Å². The second-order valence-electron chi connectivity index (χ2n) is 6.61. The topological polar surface area (TPSA) is 88.3 Å². The Labute approximate surface area is 129 Å². The summed E-state index contributed by atoms with van der Waals surface area (Å²) in [5.74, 6) is -0.579. The van der Waals surface area contributed by atoms with E-state index in [4.69, 9.17) is 0 Å². The minimum Gasteiger partial charge on any atom is -0.480 e. The Morgan fingerprint density at radius 2 is 2.05 bits per heavy atom. The molecular formula is C15H22N4O3. The second kappa shape index (κ2) is 5.70. The molecule has 0 radical (unpaired) electrons. The van der Waals surface area contributed by atoms with E-state index in [1.165, 1.54) is 4.90 Å². The van der Waals surface area contributed by atoms with E-state index >= 15 is 0 Å². The first-order chi connectivity index (χ1) is 10.5. The summed E-state index contributed by atoms with van der Waals surface area (Å²) in [6, 6.07) is -1.19. The Bertz CT molecular complexity index is 579. The maximum absolute atomic E-state index is 12.9. The van der Waals surface area contributed by atoms with Gasteiger partial charge in [-0.05, 0) is 31.6 Å². The van der Waals surface area contributed by atoms with Gasteiger partial charge in [-0.25, -0.2) is 9.48 Å². The van der Waals surface area contributed by atoms with Crippen molar-refractivity contribution in [3.05, 3.63) is 11.9 Å². The Kier molecular flexibility index (Phi) is 3.88. The zero-order chi connectivity index (χ0) is 15.9. The molecular weight excluding hydrogens is 284 g/mol. The molecule has 0 unspecified atom stereocenters. The Balaban J connectivity index is 1.83. The lowest BCUT2D eigenvalue weighted by Crippen LogP contribution is -2.45. The highest BCUT2D eigenvalue weighted by Gasteiger charge is 2.39. The maximum Gasteiger partial charge on any atom is 0.326 e. The lowest BCUT2D eigenvalue weighted by atomic mass is 10.0. The van der Waals surface area contributed by atoms with Crippen molar-refractivity contribution in [2.45, 2.75) is 57.5 Å². The third-order valence-corrected chi connectivity index (χ3v) is 4.51. The van der Waals surface area contributed by atoms with E-state index in [1.807, 2.05) is 20.0 Å². The third-order valence-electron chi connectivity index (χ3n) is 4.51. The first kappa shape index (κ1) is 15.0. The predicted octanol–water partition coefficient (Wildman–Crippen LogP) is 1.43. The summed E-state index contributed by atoms with van der Waals surface area (Å²) in [4.78, 5) is 25.7. The van der Waals surface area contributed by atoms with Crippen molar-refractivity contribution in [2.24, 2.45) is 5.92 Å². The van der Waals surface area contributed by atoms with Crippen LogP contribution >= 0.6 is 0 Å². The van der Waals surface area contributed by atoms with Crippen molar-refractivity contribution in [2.75, 3.05) is 6.54 Å². The van der Waals surface area contributed by atoms with Gasteiger partial charge in [-0.3, -0.25) is 4.79 Å².